The highest BCUT2D eigenvalue weighted by atomic mass is 32.2. The molecule has 0 saturated heterocycles. The van der Waals surface area contributed by atoms with Crippen LogP contribution in [0.3, 0.4) is 0 Å². The lowest BCUT2D eigenvalue weighted by atomic mass is 10.1. The Labute approximate surface area is 189 Å². The summed E-state index contributed by atoms with van der Waals surface area (Å²) in [6.07, 6.45) is 1.72. The van der Waals surface area contributed by atoms with Gasteiger partial charge in [-0.05, 0) is 48.4 Å². The zero-order valence-electron chi connectivity index (χ0n) is 17.4. The van der Waals surface area contributed by atoms with E-state index in [9.17, 15) is 9.59 Å². The molecule has 0 radical (unpaired) electrons. The fraction of sp³-hybridized carbons (Fsp3) is 0.261. The minimum atomic E-state index is -0.139. The van der Waals surface area contributed by atoms with E-state index in [0.717, 1.165) is 30.0 Å². The van der Waals surface area contributed by atoms with E-state index in [1.165, 1.54) is 29.1 Å². The predicted molar refractivity (Wildman–Crippen MR) is 126 cm³/mol. The molecule has 0 spiro atoms. The Morgan fingerprint density at radius 3 is 2.61 bits per heavy atom. The first kappa shape index (κ1) is 21.5. The maximum Gasteiger partial charge on any atom is 0.272 e. The third-order valence-electron chi connectivity index (χ3n) is 4.98. The molecular formula is C23H23N3O3S2. The molecule has 1 aromatic heterocycles. The summed E-state index contributed by atoms with van der Waals surface area (Å²) >= 11 is 2.81. The number of fused-ring (bicyclic) bond motifs is 1. The van der Waals surface area contributed by atoms with Crippen molar-refractivity contribution in [3.63, 3.8) is 0 Å². The van der Waals surface area contributed by atoms with Crippen LogP contribution in [0.2, 0.25) is 0 Å². The number of aromatic nitrogens is 2. The van der Waals surface area contributed by atoms with Crippen LogP contribution in [0, 0.1) is 0 Å². The summed E-state index contributed by atoms with van der Waals surface area (Å²) in [5.74, 6) is 1.58. The Morgan fingerprint density at radius 1 is 1.19 bits per heavy atom. The number of carbonyl (C=O) groups excluding carboxylic acids is 1. The summed E-state index contributed by atoms with van der Waals surface area (Å²) in [6, 6.07) is 15.1. The number of aryl methyl sites for hydroxylation is 2. The number of nitrogens with one attached hydrogen (secondary N) is 1. The van der Waals surface area contributed by atoms with E-state index in [4.69, 9.17) is 9.72 Å². The number of carbonyl (C=O) groups is 1. The largest absolute Gasteiger partial charge is 0.497 e. The Kier molecular flexibility index (Phi) is 6.67. The molecule has 0 bridgehead atoms. The molecule has 1 aliphatic heterocycles. The molecule has 3 aromatic rings. The van der Waals surface area contributed by atoms with Gasteiger partial charge >= 0.3 is 0 Å². The number of nitrogens with zero attached hydrogens (tertiary/aromatic N) is 2. The van der Waals surface area contributed by atoms with E-state index >= 15 is 0 Å². The first-order valence-corrected chi connectivity index (χ1v) is 12.0. The minimum absolute atomic E-state index is 0.0873. The molecule has 0 saturated carbocycles. The number of ether oxygens (including phenoxy) is 1. The molecule has 1 N–H and O–H groups in total. The van der Waals surface area contributed by atoms with Gasteiger partial charge in [0.1, 0.15) is 5.75 Å². The van der Waals surface area contributed by atoms with E-state index in [1.54, 1.807) is 11.7 Å². The summed E-state index contributed by atoms with van der Waals surface area (Å²) in [5, 5.41) is 3.43. The third-order valence-corrected chi connectivity index (χ3v) is 7.02. The number of rotatable bonds is 7. The summed E-state index contributed by atoms with van der Waals surface area (Å²) in [4.78, 5) is 31.1. The zero-order valence-corrected chi connectivity index (χ0v) is 19.0. The maximum absolute atomic E-state index is 13.2. The van der Waals surface area contributed by atoms with Crippen molar-refractivity contribution in [2.24, 2.45) is 0 Å². The van der Waals surface area contributed by atoms with Crippen molar-refractivity contribution in [2.75, 3.05) is 23.9 Å². The summed E-state index contributed by atoms with van der Waals surface area (Å²) in [6.45, 7) is 2.09. The predicted octanol–water partition coefficient (Wildman–Crippen LogP) is 4.18. The van der Waals surface area contributed by atoms with Crippen LogP contribution in [0.25, 0.3) is 5.69 Å². The van der Waals surface area contributed by atoms with Gasteiger partial charge in [-0.2, -0.15) is 0 Å². The minimum Gasteiger partial charge on any atom is -0.497 e. The number of amides is 1. The monoisotopic (exact) mass is 453 g/mol. The summed E-state index contributed by atoms with van der Waals surface area (Å²) in [5.41, 5.74) is 3.41. The number of methoxy groups -OCH3 is 1. The van der Waals surface area contributed by atoms with Gasteiger partial charge in [0.05, 0.1) is 29.1 Å². The fourth-order valence-electron chi connectivity index (χ4n) is 3.30. The highest BCUT2D eigenvalue weighted by molar-refractivity contribution is 8.00. The Morgan fingerprint density at radius 2 is 1.94 bits per heavy atom. The lowest BCUT2D eigenvalue weighted by Gasteiger charge is -2.14. The Balaban J connectivity index is 1.57. The molecule has 0 fully saturated rings. The molecule has 0 atom stereocenters. The van der Waals surface area contributed by atoms with Crippen LogP contribution in [0.15, 0.2) is 63.4 Å². The molecular weight excluding hydrogens is 430 g/mol. The summed E-state index contributed by atoms with van der Waals surface area (Å²) < 4.78 is 6.81. The standard InChI is InChI=1S/C23H23N3O3S2/c1-3-15-4-6-16(7-5-15)24-20(27)14-31-23-25-19-12-13-30-21(19)22(28)26(23)17-8-10-18(29-2)11-9-17/h4-11H,3,12-14H2,1-2H3,(H,24,27). The van der Waals surface area contributed by atoms with Gasteiger partial charge in [-0.25, -0.2) is 4.98 Å². The molecule has 1 amide bonds. The van der Waals surface area contributed by atoms with E-state index in [0.29, 0.717) is 21.5 Å². The first-order chi connectivity index (χ1) is 15.1. The molecule has 2 aromatic carbocycles. The van der Waals surface area contributed by atoms with E-state index in [2.05, 4.69) is 12.2 Å². The molecule has 4 rings (SSSR count). The van der Waals surface area contributed by atoms with Gasteiger partial charge in [0.15, 0.2) is 5.16 Å². The molecule has 31 heavy (non-hydrogen) atoms. The molecule has 1 aliphatic rings. The van der Waals surface area contributed by atoms with E-state index in [1.807, 2.05) is 48.5 Å². The second-order valence-electron chi connectivity index (χ2n) is 6.99. The van der Waals surface area contributed by atoms with Gasteiger partial charge in [-0.1, -0.05) is 30.8 Å². The zero-order chi connectivity index (χ0) is 21.8. The van der Waals surface area contributed by atoms with Crippen molar-refractivity contribution in [2.45, 2.75) is 29.8 Å². The van der Waals surface area contributed by atoms with Crippen LogP contribution in [-0.2, 0) is 17.6 Å². The highest BCUT2D eigenvalue weighted by Gasteiger charge is 2.23. The second-order valence-corrected chi connectivity index (χ2v) is 9.04. The lowest BCUT2D eigenvalue weighted by molar-refractivity contribution is -0.113. The van der Waals surface area contributed by atoms with Gasteiger partial charge < -0.3 is 10.1 Å². The first-order valence-electron chi connectivity index (χ1n) is 10.0. The topological polar surface area (TPSA) is 73.2 Å². The van der Waals surface area contributed by atoms with Crippen molar-refractivity contribution < 1.29 is 9.53 Å². The average molecular weight is 454 g/mol. The smallest absolute Gasteiger partial charge is 0.272 e. The fourth-order valence-corrected chi connectivity index (χ4v) is 5.15. The average Bonchev–Trinajstić information content (AvgIpc) is 3.27. The van der Waals surface area contributed by atoms with Crippen LogP contribution in [-0.4, -0.2) is 34.1 Å². The van der Waals surface area contributed by atoms with Crippen molar-refractivity contribution in [3.05, 3.63) is 70.1 Å². The van der Waals surface area contributed by atoms with Crippen LogP contribution in [0.1, 0.15) is 18.2 Å². The van der Waals surface area contributed by atoms with Crippen LogP contribution in [0.4, 0.5) is 5.69 Å². The third kappa shape index (κ3) is 4.80. The van der Waals surface area contributed by atoms with Crippen LogP contribution < -0.4 is 15.6 Å². The Bertz CT molecular complexity index is 1140. The van der Waals surface area contributed by atoms with Gasteiger partial charge in [0.25, 0.3) is 5.56 Å². The highest BCUT2D eigenvalue weighted by Crippen LogP contribution is 2.30. The van der Waals surface area contributed by atoms with Crippen LogP contribution >= 0.6 is 23.5 Å². The van der Waals surface area contributed by atoms with E-state index < -0.39 is 0 Å². The van der Waals surface area contributed by atoms with Gasteiger partial charge in [-0.3, -0.25) is 14.2 Å². The number of hydrogen-bond acceptors (Lipinski definition) is 6. The van der Waals surface area contributed by atoms with Crippen LogP contribution in [0.5, 0.6) is 5.75 Å². The van der Waals surface area contributed by atoms with Gasteiger partial charge in [0.2, 0.25) is 5.91 Å². The SMILES string of the molecule is CCc1ccc(NC(=O)CSc2nc3c(c(=O)n2-c2ccc(OC)cc2)SCC3)cc1. The van der Waals surface area contributed by atoms with E-state index in [-0.39, 0.29) is 17.2 Å². The number of benzene rings is 2. The quantitative estimate of drug-likeness (QED) is 0.427. The molecule has 0 aliphatic carbocycles. The van der Waals surface area contributed by atoms with Crippen molar-refractivity contribution in [3.8, 4) is 11.4 Å². The number of thioether (sulfide) groups is 2. The molecule has 2 heterocycles. The lowest BCUT2D eigenvalue weighted by Crippen LogP contribution is -2.24. The van der Waals surface area contributed by atoms with Crippen molar-refractivity contribution >= 4 is 35.1 Å². The van der Waals surface area contributed by atoms with Crippen molar-refractivity contribution in [1.82, 2.24) is 9.55 Å². The number of hydrogen-bond donors (Lipinski definition) is 1. The normalized spacial score (nSPS) is 12.5. The Hall–Kier alpha value is -2.71. The molecule has 6 nitrogen and oxygen atoms in total. The van der Waals surface area contributed by atoms with Gasteiger partial charge in [0, 0.05) is 17.9 Å². The van der Waals surface area contributed by atoms with Gasteiger partial charge in [-0.15, -0.1) is 11.8 Å². The molecule has 0 unspecified atom stereocenters. The second kappa shape index (κ2) is 9.62. The maximum atomic E-state index is 13.2. The number of anilines is 1. The summed E-state index contributed by atoms with van der Waals surface area (Å²) in [7, 11) is 1.60. The molecule has 8 heteroatoms. The molecule has 160 valence electrons. The van der Waals surface area contributed by atoms with Crippen molar-refractivity contribution in [1.29, 1.82) is 0 Å².